The Morgan fingerprint density at radius 3 is 1.79 bits per heavy atom. The van der Waals surface area contributed by atoms with Crippen LogP contribution in [-0.4, -0.2) is 31.5 Å². The second-order valence-electron chi connectivity index (χ2n) is 11.8. The normalized spacial score (nSPS) is 27.1. The van der Waals surface area contributed by atoms with Gasteiger partial charge in [-0.1, -0.05) is 23.8 Å². The van der Waals surface area contributed by atoms with E-state index < -0.39 is 16.9 Å². The largest absolute Gasteiger partial charge is 0.460 e. The molecule has 2 atom stereocenters. The molecule has 0 radical (unpaired) electrons. The molecule has 39 heavy (non-hydrogen) atoms. The van der Waals surface area contributed by atoms with Gasteiger partial charge in [-0.25, -0.2) is 0 Å². The number of hydrogen-bond acceptors (Lipinski definition) is 5. The fourth-order valence-corrected chi connectivity index (χ4v) is 6.97. The van der Waals surface area contributed by atoms with Crippen LogP contribution < -0.4 is 15.1 Å². The third-order valence-corrected chi connectivity index (χ3v) is 9.28. The molecular weight excluding hydrogens is 510 g/mol. The summed E-state index contributed by atoms with van der Waals surface area (Å²) < 4.78 is 13.9. The third kappa shape index (κ3) is 3.30. The summed E-state index contributed by atoms with van der Waals surface area (Å²) in [5.41, 5.74) is 2.77. The number of allylic oxidation sites excluding steroid dienone is 4. The second kappa shape index (κ2) is 8.18. The Labute approximate surface area is 235 Å². The van der Waals surface area contributed by atoms with E-state index in [1.54, 1.807) is 0 Å². The molecule has 4 heterocycles. The van der Waals surface area contributed by atoms with Gasteiger partial charge in [0.05, 0.1) is 10.8 Å². The van der Waals surface area contributed by atoms with Gasteiger partial charge >= 0.3 is 0 Å². The number of halogens is 1. The van der Waals surface area contributed by atoms with Crippen molar-refractivity contribution in [2.75, 3.05) is 29.2 Å². The van der Waals surface area contributed by atoms with Crippen LogP contribution in [0.5, 0.6) is 0 Å². The number of carbonyl (C=O) groups excluding carboxylic acids is 1. The molecule has 0 saturated carbocycles. The van der Waals surface area contributed by atoms with E-state index in [9.17, 15) is 4.79 Å². The van der Waals surface area contributed by atoms with Crippen LogP contribution in [0.4, 0.5) is 17.1 Å². The molecule has 0 fully saturated rings. The zero-order valence-electron chi connectivity index (χ0n) is 23.4. The van der Waals surface area contributed by atoms with Crippen molar-refractivity contribution < 1.29 is 14.3 Å². The number of nitrogens with zero attached hydrogens (tertiary/aromatic N) is 2. The van der Waals surface area contributed by atoms with Gasteiger partial charge < -0.3 is 24.6 Å². The molecule has 202 valence electrons. The number of ether oxygens (including phenoxy) is 2. The van der Waals surface area contributed by atoms with E-state index in [1.165, 1.54) is 6.92 Å². The van der Waals surface area contributed by atoms with Crippen molar-refractivity contribution in [3.8, 4) is 0 Å². The predicted octanol–water partition coefficient (Wildman–Crippen LogP) is 6.79. The second-order valence-corrected chi connectivity index (χ2v) is 12.3. The first-order valence-electron chi connectivity index (χ1n) is 13.2. The van der Waals surface area contributed by atoms with Crippen LogP contribution in [0.15, 0.2) is 84.4 Å². The van der Waals surface area contributed by atoms with Gasteiger partial charge in [-0.2, -0.15) is 0 Å². The highest BCUT2D eigenvalue weighted by Crippen LogP contribution is 2.57. The lowest BCUT2D eigenvalue weighted by molar-refractivity contribution is -0.114. The number of nitrogens with one attached hydrogen (secondary N) is 1. The maximum Gasteiger partial charge on any atom is 0.221 e. The summed E-state index contributed by atoms with van der Waals surface area (Å²) in [6, 6.07) is 12.0. The Hall–Kier alpha value is -3.64. The summed E-state index contributed by atoms with van der Waals surface area (Å²) in [5, 5.41) is 3.62. The predicted molar refractivity (Wildman–Crippen MR) is 157 cm³/mol. The quantitative estimate of drug-likeness (QED) is 0.452. The average molecular weight is 544 g/mol. The molecule has 0 saturated heterocycles. The number of likely N-dealkylation sites (N-methyl/N-ethyl adjacent to an activating group) is 2. The first kappa shape index (κ1) is 25.6. The zero-order valence-corrected chi connectivity index (χ0v) is 24.2. The number of carbonyl (C=O) groups is 1. The molecule has 1 amide bonds. The molecule has 2 aromatic carbocycles. The van der Waals surface area contributed by atoms with Gasteiger partial charge in [0.15, 0.2) is 11.5 Å². The van der Waals surface area contributed by atoms with E-state index in [0.717, 1.165) is 28.2 Å². The van der Waals surface area contributed by atoms with Crippen LogP contribution in [0.2, 0.25) is 5.02 Å². The monoisotopic (exact) mass is 543 g/mol. The Balaban J connectivity index is 1.35. The minimum absolute atomic E-state index is 0.0968. The first-order valence-corrected chi connectivity index (χ1v) is 13.6. The zero-order chi connectivity index (χ0) is 28.0. The van der Waals surface area contributed by atoms with E-state index in [2.05, 4.69) is 74.2 Å². The number of amides is 1. The number of rotatable bonds is 2. The lowest BCUT2D eigenvalue weighted by Gasteiger charge is -2.48. The highest BCUT2D eigenvalue weighted by Gasteiger charge is 2.60. The Morgan fingerprint density at radius 1 is 0.795 bits per heavy atom. The van der Waals surface area contributed by atoms with E-state index >= 15 is 0 Å². The van der Waals surface area contributed by atoms with Crippen molar-refractivity contribution in [2.45, 2.75) is 56.9 Å². The van der Waals surface area contributed by atoms with Gasteiger partial charge in [0.2, 0.25) is 17.4 Å². The smallest absolute Gasteiger partial charge is 0.221 e. The van der Waals surface area contributed by atoms with Crippen LogP contribution in [0.1, 0.15) is 45.7 Å². The molecular formula is C32H34ClN3O3. The van der Waals surface area contributed by atoms with Crippen molar-refractivity contribution >= 4 is 34.6 Å². The molecule has 4 aliphatic heterocycles. The minimum atomic E-state index is -0.791. The molecule has 0 aliphatic carbocycles. The lowest BCUT2D eigenvalue weighted by atomic mass is 9.76. The van der Waals surface area contributed by atoms with E-state index in [1.807, 2.05) is 55.6 Å². The number of fused-ring (bicyclic) bond motifs is 2. The summed E-state index contributed by atoms with van der Waals surface area (Å²) in [6.07, 6.45) is 12.2. The number of anilines is 3. The summed E-state index contributed by atoms with van der Waals surface area (Å²) >= 11 is 6.41. The molecule has 6 rings (SSSR count). The molecule has 0 bridgehead atoms. The third-order valence-electron chi connectivity index (χ3n) is 9.05. The van der Waals surface area contributed by atoms with Gasteiger partial charge in [-0.3, -0.25) is 4.79 Å². The van der Waals surface area contributed by atoms with Crippen LogP contribution in [0.3, 0.4) is 0 Å². The highest BCUT2D eigenvalue weighted by molar-refractivity contribution is 6.30. The van der Waals surface area contributed by atoms with Crippen molar-refractivity contribution in [3.05, 3.63) is 101 Å². The first-order chi connectivity index (χ1) is 18.3. The van der Waals surface area contributed by atoms with Crippen molar-refractivity contribution in [1.82, 2.24) is 0 Å². The van der Waals surface area contributed by atoms with Gasteiger partial charge in [-0.05, 0) is 99.5 Å². The van der Waals surface area contributed by atoms with Gasteiger partial charge in [0.1, 0.15) is 0 Å². The molecule has 2 unspecified atom stereocenters. The summed E-state index contributed by atoms with van der Waals surface area (Å²) in [4.78, 5) is 16.1. The maximum atomic E-state index is 11.7. The van der Waals surface area contributed by atoms with Gasteiger partial charge in [0, 0.05) is 43.1 Å². The summed E-state index contributed by atoms with van der Waals surface area (Å²) in [7, 11) is 4.11. The maximum absolute atomic E-state index is 11.7. The molecule has 2 aromatic rings. The molecule has 2 spiro atoms. The highest BCUT2D eigenvalue weighted by atomic mass is 35.5. The van der Waals surface area contributed by atoms with Crippen molar-refractivity contribution in [1.29, 1.82) is 0 Å². The van der Waals surface area contributed by atoms with E-state index in [0.29, 0.717) is 16.5 Å². The molecule has 6 nitrogen and oxygen atoms in total. The molecule has 7 heteroatoms. The van der Waals surface area contributed by atoms with Crippen LogP contribution in [0.25, 0.3) is 0 Å². The van der Waals surface area contributed by atoms with Crippen LogP contribution in [0, 0.1) is 0 Å². The molecule has 4 aliphatic rings. The van der Waals surface area contributed by atoms with Crippen molar-refractivity contribution in [2.24, 2.45) is 0 Å². The lowest BCUT2D eigenvalue weighted by Crippen LogP contribution is -2.57. The van der Waals surface area contributed by atoms with Crippen molar-refractivity contribution in [3.63, 3.8) is 0 Å². The Kier molecular flexibility index (Phi) is 5.38. The topological polar surface area (TPSA) is 54.0 Å². The number of hydrogen-bond donors (Lipinski definition) is 1. The van der Waals surface area contributed by atoms with Crippen LogP contribution in [-0.2, 0) is 25.1 Å². The Morgan fingerprint density at radius 2 is 1.28 bits per heavy atom. The van der Waals surface area contributed by atoms with Gasteiger partial charge in [-0.15, -0.1) is 0 Å². The van der Waals surface area contributed by atoms with E-state index in [-0.39, 0.29) is 11.3 Å². The van der Waals surface area contributed by atoms with E-state index in [4.69, 9.17) is 21.1 Å². The number of benzene rings is 2. The van der Waals surface area contributed by atoms with Gasteiger partial charge in [0.25, 0.3) is 0 Å². The average Bonchev–Trinajstić information content (AvgIpc) is 3.15. The SMILES string of the molecule is CC(=O)Nc1ccc2c(c1)C(C)(C)C1(C=CC=C(C3=CC=CC4(O3)N(C)c3ccc(Cl)cc3C4(C)C)O1)N2C. The molecule has 1 N–H and O–H groups in total. The summed E-state index contributed by atoms with van der Waals surface area (Å²) in [5.74, 6) is 1.23. The minimum Gasteiger partial charge on any atom is -0.460 e. The Bertz CT molecular complexity index is 1540. The standard InChI is InChI=1S/C32H34ClN3O3/c1-20(37)34-22-13-15-26-24(19-22)30(4,5)32(36(26)7)17-9-11-28(39-32)27-10-8-16-31(38-27)29(2,3)23-18-21(33)12-14-25(23)35(31)6/h8-19H,1-7H3,(H,34,37). The fourth-order valence-electron chi connectivity index (χ4n) is 6.79. The summed E-state index contributed by atoms with van der Waals surface area (Å²) in [6.45, 7) is 10.2. The molecule has 0 aromatic heterocycles. The van der Waals surface area contributed by atoms with Crippen LogP contribution >= 0.6 is 11.6 Å². The fraction of sp³-hybridized carbons (Fsp3) is 0.344.